The summed E-state index contributed by atoms with van der Waals surface area (Å²) in [6.45, 7) is 6.50. The van der Waals surface area contributed by atoms with Crippen LogP contribution in [0.2, 0.25) is 0 Å². The molecular weight excluding hydrogens is 304 g/mol. The van der Waals surface area contributed by atoms with Gasteiger partial charge in [0.15, 0.2) is 0 Å². The summed E-state index contributed by atoms with van der Waals surface area (Å²) < 4.78 is 10.3. The highest BCUT2D eigenvalue weighted by Crippen LogP contribution is 2.11. The van der Waals surface area contributed by atoms with Gasteiger partial charge in [0, 0.05) is 0 Å². The summed E-state index contributed by atoms with van der Waals surface area (Å²) in [4.78, 5) is 23.2. The molecule has 140 valence electrons. The van der Waals surface area contributed by atoms with Crippen LogP contribution in [0.3, 0.4) is 0 Å². The first-order chi connectivity index (χ1) is 11.6. The third-order valence-electron chi connectivity index (χ3n) is 3.79. The summed E-state index contributed by atoms with van der Waals surface area (Å²) in [5.74, 6) is -0.663. The number of unbranched alkanes of at least 4 members (excludes halogenated alkanes) is 6. The number of carbonyl (C=O) groups excluding carboxylic acids is 2. The molecule has 1 atom stereocenters. The highest BCUT2D eigenvalue weighted by Gasteiger charge is 2.12. The van der Waals surface area contributed by atoms with Gasteiger partial charge < -0.3 is 9.47 Å². The molecule has 0 amide bonds. The Kier molecular flexibility index (Phi) is 15.6. The Bertz CT molecular complexity index is 350. The van der Waals surface area contributed by atoms with Crippen molar-refractivity contribution in [3.05, 3.63) is 12.2 Å². The van der Waals surface area contributed by atoms with Gasteiger partial charge in [-0.1, -0.05) is 64.5 Å². The number of ether oxygens (including phenoxy) is 2. The van der Waals surface area contributed by atoms with Gasteiger partial charge in [-0.3, -0.25) is 9.59 Å². The van der Waals surface area contributed by atoms with Gasteiger partial charge in [-0.15, -0.1) is 0 Å². The standard InChI is InChI=1S/C20H36O4/c1-4-6-8-10-11-12-14-18(3)24-20(22)16-15-19(21)23-17-13-9-7-5-2/h9,13,18H,4-8,10-12,14-17H2,1-3H3/b13-9-. The average molecular weight is 341 g/mol. The molecule has 0 rings (SSSR count). The van der Waals surface area contributed by atoms with Crippen LogP contribution in [0, 0.1) is 0 Å². The molecule has 4 nitrogen and oxygen atoms in total. The third-order valence-corrected chi connectivity index (χ3v) is 3.79. The van der Waals surface area contributed by atoms with E-state index in [0.29, 0.717) is 0 Å². The van der Waals surface area contributed by atoms with Crippen molar-refractivity contribution in [1.29, 1.82) is 0 Å². The summed E-state index contributed by atoms with van der Waals surface area (Å²) in [6.07, 6.45) is 14.3. The van der Waals surface area contributed by atoms with Crippen molar-refractivity contribution >= 4 is 11.9 Å². The summed E-state index contributed by atoms with van der Waals surface area (Å²) >= 11 is 0. The van der Waals surface area contributed by atoms with E-state index in [1.54, 1.807) is 0 Å². The van der Waals surface area contributed by atoms with Gasteiger partial charge in [-0.25, -0.2) is 0 Å². The number of hydrogen-bond donors (Lipinski definition) is 0. The first kappa shape index (κ1) is 22.7. The predicted molar refractivity (Wildman–Crippen MR) is 97.8 cm³/mol. The minimum absolute atomic E-state index is 0.0725. The van der Waals surface area contributed by atoms with E-state index in [-0.39, 0.29) is 37.5 Å². The van der Waals surface area contributed by atoms with Crippen LogP contribution >= 0.6 is 0 Å². The molecule has 0 N–H and O–H groups in total. The fraction of sp³-hybridized carbons (Fsp3) is 0.800. The van der Waals surface area contributed by atoms with E-state index in [2.05, 4.69) is 13.8 Å². The Morgan fingerprint density at radius 1 is 0.875 bits per heavy atom. The molecule has 0 radical (unpaired) electrons. The summed E-state index contributed by atoms with van der Waals surface area (Å²) in [6, 6.07) is 0. The Balaban J connectivity index is 3.60. The smallest absolute Gasteiger partial charge is 0.306 e. The third kappa shape index (κ3) is 15.6. The first-order valence-corrected chi connectivity index (χ1v) is 9.60. The molecule has 0 aromatic heterocycles. The van der Waals surface area contributed by atoms with E-state index in [4.69, 9.17) is 9.47 Å². The Morgan fingerprint density at radius 3 is 2.25 bits per heavy atom. The van der Waals surface area contributed by atoms with Gasteiger partial charge in [0.2, 0.25) is 0 Å². The van der Waals surface area contributed by atoms with Crippen molar-refractivity contribution in [2.24, 2.45) is 0 Å². The molecule has 0 heterocycles. The van der Waals surface area contributed by atoms with Crippen molar-refractivity contribution in [3.63, 3.8) is 0 Å². The Morgan fingerprint density at radius 2 is 1.54 bits per heavy atom. The molecule has 0 aliphatic carbocycles. The minimum Gasteiger partial charge on any atom is -0.463 e. The van der Waals surface area contributed by atoms with Gasteiger partial charge in [0.05, 0.1) is 18.9 Å². The lowest BCUT2D eigenvalue weighted by atomic mass is 10.1. The van der Waals surface area contributed by atoms with Crippen LogP contribution in [0.25, 0.3) is 0 Å². The molecular formula is C20H36O4. The predicted octanol–water partition coefficient (Wildman–Crippen LogP) is 5.35. The van der Waals surface area contributed by atoms with Crippen LogP contribution in [0.1, 0.15) is 91.4 Å². The van der Waals surface area contributed by atoms with E-state index in [9.17, 15) is 9.59 Å². The van der Waals surface area contributed by atoms with E-state index in [1.807, 2.05) is 19.1 Å². The van der Waals surface area contributed by atoms with Gasteiger partial charge >= 0.3 is 11.9 Å². The van der Waals surface area contributed by atoms with Crippen molar-refractivity contribution in [2.75, 3.05) is 6.61 Å². The summed E-state index contributed by atoms with van der Waals surface area (Å²) in [7, 11) is 0. The molecule has 0 saturated heterocycles. The maximum Gasteiger partial charge on any atom is 0.306 e. The molecule has 0 aliphatic rings. The van der Waals surface area contributed by atoms with E-state index >= 15 is 0 Å². The van der Waals surface area contributed by atoms with E-state index in [1.165, 1.54) is 32.1 Å². The zero-order chi connectivity index (χ0) is 18.0. The maximum atomic E-state index is 11.7. The van der Waals surface area contributed by atoms with Crippen LogP contribution in [-0.2, 0) is 19.1 Å². The first-order valence-electron chi connectivity index (χ1n) is 9.60. The van der Waals surface area contributed by atoms with Gasteiger partial charge in [-0.05, 0) is 26.2 Å². The molecule has 0 fully saturated rings. The zero-order valence-electron chi connectivity index (χ0n) is 15.9. The molecule has 0 spiro atoms. The topological polar surface area (TPSA) is 52.6 Å². The van der Waals surface area contributed by atoms with Crippen molar-refractivity contribution < 1.29 is 19.1 Å². The second kappa shape index (κ2) is 16.5. The lowest BCUT2D eigenvalue weighted by Crippen LogP contribution is -2.16. The zero-order valence-corrected chi connectivity index (χ0v) is 15.9. The number of allylic oxidation sites excluding steroid dienone is 1. The van der Waals surface area contributed by atoms with Crippen LogP contribution in [0.4, 0.5) is 0 Å². The van der Waals surface area contributed by atoms with E-state index in [0.717, 1.165) is 25.7 Å². The highest BCUT2D eigenvalue weighted by atomic mass is 16.5. The molecule has 0 aromatic rings. The number of hydrogen-bond acceptors (Lipinski definition) is 4. The van der Waals surface area contributed by atoms with Gasteiger partial charge in [0.25, 0.3) is 0 Å². The van der Waals surface area contributed by atoms with Crippen LogP contribution in [0.15, 0.2) is 12.2 Å². The number of esters is 2. The molecule has 1 unspecified atom stereocenters. The van der Waals surface area contributed by atoms with Crippen molar-refractivity contribution in [1.82, 2.24) is 0 Å². The fourth-order valence-corrected chi connectivity index (χ4v) is 2.32. The van der Waals surface area contributed by atoms with Crippen molar-refractivity contribution in [3.8, 4) is 0 Å². The minimum atomic E-state index is -0.350. The normalized spacial score (nSPS) is 12.3. The van der Waals surface area contributed by atoms with Crippen molar-refractivity contribution in [2.45, 2.75) is 97.5 Å². The maximum absolute atomic E-state index is 11.7. The van der Waals surface area contributed by atoms with Crippen LogP contribution in [-0.4, -0.2) is 24.6 Å². The SMILES string of the molecule is CCC/C=C\COC(=O)CCC(=O)OC(C)CCCCCCCC. The molecule has 0 aliphatic heterocycles. The molecule has 0 aromatic carbocycles. The number of rotatable bonds is 15. The lowest BCUT2D eigenvalue weighted by molar-refractivity contribution is -0.152. The second-order valence-electron chi connectivity index (χ2n) is 6.30. The molecule has 0 saturated carbocycles. The average Bonchev–Trinajstić information content (AvgIpc) is 2.56. The molecule has 4 heteroatoms. The van der Waals surface area contributed by atoms with E-state index < -0.39 is 0 Å². The quantitative estimate of drug-likeness (QED) is 0.229. The van der Waals surface area contributed by atoms with Gasteiger partial charge in [0.1, 0.15) is 6.61 Å². The monoisotopic (exact) mass is 340 g/mol. The second-order valence-corrected chi connectivity index (χ2v) is 6.30. The van der Waals surface area contributed by atoms with Crippen LogP contribution < -0.4 is 0 Å². The highest BCUT2D eigenvalue weighted by molar-refractivity contribution is 5.77. The number of carbonyl (C=O) groups is 2. The molecule has 0 bridgehead atoms. The summed E-state index contributed by atoms with van der Waals surface area (Å²) in [5, 5.41) is 0. The van der Waals surface area contributed by atoms with Crippen LogP contribution in [0.5, 0.6) is 0 Å². The van der Waals surface area contributed by atoms with Gasteiger partial charge in [-0.2, -0.15) is 0 Å². The lowest BCUT2D eigenvalue weighted by Gasteiger charge is -2.13. The largest absolute Gasteiger partial charge is 0.463 e. The fourth-order valence-electron chi connectivity index (χ4n) is 2.32. The Labute approximate surface area is 148 Å². The summed E-state index contributed by atoms with van der Waals surface area (Å²) in [5.41, 5.74) is 0. The molecule has 24 heavy (non-hydrogen) atoms. The Hall–Kier alpha value is -1.32.